The van der Waals surface area contributed by atoms with Crippen LogP contribution in [-0.2, 0) is 6.42 Å². The zero-order valence-electron chi connectivity index (χ0n) is 9.37. The summed E-state index contributed by atoms with van der Waals surface area (Å²) in [5, 5.41) is 5.53. The Hall–Kier alpha value is -0.840. The van der Waals surface area contributed by atoms with Crippen molar-refractivity contribution >= 4 is 22.9 Å². The number of H-pyrrole nitrogens is 1. The first kappa shape index (κ1) is 11.3. The summed E-state index contributed by atoms with van der Waals surface area (Å²) in [5.74, 6) is 1.06. The minimum Gasteiger partial charge on any atom is -0.342 e. The monoisotopic (exact) mass is 267 g/mol. The predicted octanol–water partition coefficient (Wildman–Crippen LogP) is 3.09. The van der Waals surface area contributed by atoms with E-state index in [-0.39, 0.29) is 0 Å². The molecule has 90 valence electrons. The van der Waals surface area contributed by atoms with Crippen molar-refractivity contribution in [3.63, 3.8) is 0 Å². The highest BCUT2D eigenvalue weighted by atomic mass is 35.5. The van der Waals surface area contributed by atoms with Gasteiger partial charge in [-0.2, -0.15) is 0 Å². The third-order valence-corrected chi connectivity index (χ3v) is 4.20. The lowest BCUT2D eigenvalue weighted by molar-refractivity contribution is 0.589. The quantitative estimate of drug-likeness (QED) is 0.897. The van der Waals surface area contributed by atoms with Gasteiger partial charge in [0.2, 0.25) is 0 Å². The van der Waals surface area contributed by atoms with Crippen molar-refractivity contribution in [3.8, 4) is 11.3 Å². The summed E-state index contributed by atoms with van der Waals surface area (Å²) in [6.07, 6.45) is 5.40. The topological polar surface area (TPSA) is 40.7 Å². The second-order valence-electron chi connectivity index (χ2n) is 4.38. The van der Waals surface area contributed by atoms with E-state index in [1.165, 1.54) is 12.8 Å². The lowest BCUT2D eigenvalue weighted by Crippen LogP contribution is -2.24. The van der Waals surface area contributed by atoms with Crippen molar-refractivity contribution in [1.29, 1.82) is 0 Å². The van der Waals surface area contributed by atoms with Gasteiger partial charge in [0.25, 0.3) is 0 Å². The van der Waals surface area contributed by atoms with Gasteiger partial charge in [0.1, 0.15) is 5.82 Å². The number of hydrogen-bond donors (Lipinski definition) is 2. The Balaban J connectivity index is 1.73. The van der Waals surface area contributed by atoms with Gasteiger partial charge in [-0.1, -0.05) is 11.6 Å². The summed E-state index contributed by atoms with van der Waals surface area (Å²) in [6, 6.07) is 2.55. The molecule has 0 amide bonds. The molecule has 2 N–H and O–H groups in total. The van der Waals surface area contributed by atoms with Crippen LogP contribution in [0.1, 0.15) is 18.7 Å². The molecular formula is C12H14ClN3S. The fourth-order valence-corrected chi connectivity index (χ4v) is 3.11. The molecule has 1 aliphatic rings. The van der Waals surface area contributed by atoms with Gasteiger partial charge in [-0.05, 0) is 25.5 Å². The molecule has 0 spiro atoms. The van der Waals surface area contributed by atoms with E-state index in [1.807, 2.05) is 17.6 Å². The van der Waals surface area contributed by atoms with Crippen LogP contribution in [-0.4, -0.2) is 22.6 Å². The first-order chi connectivity index (χ1) is 8.31. The molecule has 3 rings (SSSR count). The van der Waals surface area contributed by atoms with E-state index in [1.54, 1.807) is 11.3 Å². The molecule has 3 heterocycles. The van der Waals surface area contributed by atoms with Gasteiger partial charge >= 0.3 is 0 Å². The van der Waals surface area contributed by atoms with Gasteiger partial charge < -0.3 is 10.3 Å². The first-order valence-corrected chi connectivity index (χ1v) is 7.09. The molecular weight excluding hydrogens is 254 g/mol. The number of nitrogens with zero attached hydrogens (tertiary/aromatic N) is 1. The summed E-state index contributed by atoms with van der Waals surface area (Å²) >= 11 is 7.48. The summed E-state index contributed by atoms with van der Waals surface area (Å²) in [4.78, 5) is 7.80. The van der Waals surface area contributed by atoms with Crippen LogP contribution in [0.5, 0.6) is 0 Å². The number of thiophene rings is 1. The van der Waals surface area contributed by atoms with Crippen molar-refractivity contribution in [2.75, 3.05) is 6.54 Å². The fourth-order valence-electron chi connectivity index (χ4n) is 2.23. The molecule has 1 atom stereocenters. The van der Waals surface area contributed by atoms with E-state index >= 15 is 0 Å². The molecule has 2 aromatic rings. The maximum absolute atomic E-state index is 5.93. The third kappa shape index (κ3) is 2.54. The second kappa shape index (κ2) is 4.80. The van der Waals surface area contributed by atoms with E-state index in [2.05, 4.69) is 15.3 Å². The standard InChI is InChI=1S/C12H14ClN3S/c13-11-4-8(7-17-11)10-6-15-12(16-10)5-9-2-1-3-14-9/h4,6-7,9,14H,1-3,5H2,(H,15,16). The maximum atomic E-state index is 5.93. The second-order valence-corrected chi connectivity index (χ2v) is 5.92. The fraction of sp³-hybridized carbons (Fsp3) is 0.417. The molecule has 1 unspecified atom stereocenters. The van der Waals surface area contributed by atoms with Crippen LogP contribution in [0, 0.1) is 0 Å². The van der Waals surface area contributed by atoms with Crippen LogP contribution in [0.15, 0.2) is 17.6 Å². The van der Waals surface area contributed by atoms with Gasteiger partial charge in [0.15, 0.2) is 0 Å². The Morgan fingerprint density at radius 1 is 1.53 bits per heavy atom. The van der Waals surface area contributed by atoms with Crippen LogP contribution < -0.4 is 5.32 Å². The van der Waals surface area contributed by atoms with Crippen molar-refractivity contribution < 1.29 is 0 Å². The van der Waals surface area contributed by atoms with Gasteiger partial charge in [0, 0.05) is 23.4 Å². The zero-order chi connectivity index (χ0) is 11.7. The average Bonchev–Trinajstić information content (AvgIpc) is 2.99. The van der Waals surface area contributed by atoms with E-state index < -0.39 is 0 Å². The van der Waals surface area contributed by atoms with Crippen molar-refractivity contribution in [1.82, 2.24) is 15.3 Å². The highest BCUT2D eigenvalue weighted by Gasteiger charge is 2.16. The molecule has 0 aliphatic carbocycles. The van der Waals surface area contributed by atoms with Gasteiger partial charge in [-0.3, -0.25) is 0 Å². The molecule has 0 saturated carbocycles. The van der Waals surface area contributed by atoms with Crippen LogP contribution in [0.2, 0.25) is 4.34 Å². The molecule has 0 radical (unpaired) electrons. The van der Waals surface area contributed by atoms with Crippen LogP contribution in [0.3, 0.4) is 0 Å². The minimum atomic E-state index is 0.583. The summed E-state index contributed by atoms with van der Waals surface area (Å²) in [7, 11) is 0. The van der Waals surface area contributed by atoms with E-state index in [4.69, 9.17) is 11.6 Å². The zero-order valence-corrected chi connectivity index (χ0v) is 10.9. The van der Waals surface area contributed by atoms with Crippen LogP contribution in [0.4, 0.5) is 0 Å². The van der Waals surface area contributed by atoms with E-state index in [0.717, 1.165) is 34.4 Å². The van der Waals surface area contributed by atoms with Gasteiger partial charge in [-0.25, -0.2) is 4.98 Å². The SMILES string of the molecule is Clc1cc(-c2cnc(CC3CCCN3)[nH]2)cs1. The normalized spacial score (nSPS) is 19.9. The summed E-state index contributed by atoms with van der Waals surface area (Å²) < 4.78 is 0.814. The van der Waals surface area contributed by atoms with Crippen LogP contribution >= 0.6 is 22.9 Å². The molecule has 1 saturated heterocycles. The highest BCUT2D eigenvalue weighted by Crippen LogP contribution is 2.27. The Labute approximate surface area is 109 Å². The number of nitrogens with one attached hydrogen (secondary N) is 2. The van der Waals surface area contributed by atoms with Crippen molar-refractivity contribution in [2.24, 2.45) is 0 Å². The molecule has 2 aromatic heterocycles. The van der Waals surface area contributed by atoms with Gasteiger partial charge in [-0.15, -0.1) is 11.3 Å². The van der Waals surface area contributed by atoms with Crippen LogP contribution in [0.25, 0.3) is 11.3 Å². The minimum absolute atomic E-state index is 0.583. The number of aromatic amines is 1. The molecule has 0 aromatic carbocycles. The Morgan fingerprint density at radius 3 is 3.18 bits per heavy atom. The molecule has 5 heteroatoms. The maximum Gasteiger partial charge on any atom is 0.108 e. The largest absolute Gasteiger partial charge is 0.342 e. The molecule has 1 fully saturated rings. The lowest BCUT2D eigenvalue weighted by atomic mass is 10.1. The lowest BCUT2D eigenvalue weighted by Gasteiger charge is -2.06. The summed E-state index contributed by atoms with van der Waals surface area (Å²) in [6.45, 7) is 1.14. The van der Waals surface area contributed by atoms with Gasteiger partial charge in [0.05, 0.1) is 16.2 Å². The number of rotatable bonds is 3. The van der Waals surface area contributed by atoms with Crippen molar-refractivity contribution in [3.05, 3.63) is 27.8 Å². The number of aromatic nitrogens is 2. The molecule has 17 heavy (non-hydrogen) atoms. The first-order valence-electron chi connectivity index (χ1n) is 5.83. The van der Waals surface area contributed by atoms with Crippen molar-refractivity contribution in [2.45, 2.75) is 25.3 Å². The Bertz CT molecular complexity index is 499. The average molecular weight is 268 g/mol. The number of hydrogen-bond acceptors (Lipinski definition) is 3. The number of halogens is 1. The molecule has 0 bridgehead atoms. The summed E-state index contributed by atoms with van der Waals surface area (Å²) in [5.41, 5.74) is 2.18. The van der Waals surface area contributed by atoms with E-state index in [0.29, 0.717) is 6.04 Å². The number of imidazole rings is 1. The smallest absolute Gasteiger partial charge is 0.108 e. The Morgan fingerprint density at radius 2 is 2.47 bits per heavy atom. The predicted molar refractivity (Wildman–Crippen MR) is 71.6 cm³/mol. The molecule has 3 nitrogen and oxygen atoms in total. The third-order valence-electron chi connectivity index (χ3n) is 3.11. The highest BCUT2D eigenvalue weighted by molar-refractivity contribution is 7.14. The Kier molecular flexibility index (Phi) is 3.18. The molecule has 1 aliphatic heterocycles. The van der Waals surface area contributed by atoms with E-state index in [9.17, 15) is 0 Å².